The third kappa shape index (κ3) is 3.02. The van der Waals surface area contributed by atoms with Crippen molar-refractivity contribution in [2.24, 2.45) is 11.8 Å². The molecule has 1 saturated heterocycles. The molecule has 0 spiro atoms. The average Bonchev–Trinajstić information content (AvgIpc) is 3.06. The van der Waals surface area contributed by atoms with Gasteiger partial charge in [-0.1, -0.05) is 12.0 Å². The number of fused-ring (bicyclic) bond motifs is 3. The number of hydrogen-bond acceptors (Lipinski definition) is 4. The molecule has 0 N–H and O–H groups in total. The van der Waals surface area contributed by atoms with E-state index in [1.165, 1.54) is 0 Å². The van der Waals surface area contributed by atoms with Gasteiger partial charge in [-0.15, -0.1) is 0 Å². The van der Waals surface area contributed by atoms with E-state index < -0.39 is 0 Å². The molecule has 4 heterocycles. The maximum absolute atomic E-state index is 13.0. The summed E-state index contributed by atoms with van der Waals surface area (Å²) in [5, 5.41) is 0.658. The lowest BCUT2D eigenvalue weighted by molar-refractivity contribution is 0.177. The lowest BCUT2D eigenvalue weighted by atomic mass is 9.91. The Morgan fingerprint density at radius 2 is 2.04 bits per heavy atom. The smallest absolute Gasteiger partial charge is 0.261 e. The second-order valence-electron chi connectivity index (χ2n) is 7.23. The van der Waals surface area contributed by atoms with Crippen molar-refractivity contribution in [2.75, 3.05) is 13.2 Å². The zero-order valence-corrected chi connectivity index (χ0v) is 14.9. The Hall–Kier alpha value is -2.97. The Labute approximate surface area is 157 Å². The van der Waals surface area contributed by atoms with Crippen LogP contribution in [0.25, 0.3) is 10.9 Å². The van der Waals surface area contributed by atoms with Gasteiger partial charge in [0.2, 0.25) is 0 Å². The van der Waals surface area contributed by atoms with Crippen molar-refractivity contribution in [3.8, 4) is 11.8 Å². The van der Waals surface area contributed by atoms with Gasteiger partial charge in [-0.3, -0.25) is 9.36 Å². The fourth-order valence-electron chi connectivity index (χ4n) is 4.02. The van der Waals surface area contributed by atoms with Crippen LogP contribution in [0.1, 0.15) is 23.5 Å². The van der Waals surface area contributed by atoms with Crippen molar-refractivity contribution in [3.05, 3.63) is 70.0 Å². The molecule has 0 unspecified atom stereocenters. The number of benzene rings is 1. The summed E-state index contributed by atoms with van der Waals surface area (Å²) >= 11 is 0. The number of nitrogens with zero attached hydrogens (tertiary/aromatic N) is 3. The lowest BCUT2D eigenvalue weighted by Gasteiger charge is -2.12. The minimum Gasteiger partial charge on any atom is -0.381 e. The summed E-state index contributed by atoms with van der Waals surface area (Å²) in [4.78, 5) is 22.0. The van der Waals surface area contributed by atoms with E-state index >= 15 is 0 Å². The normalized spacial score (nSPS) is 21.0. The molecule has 2 aliphatic rings. The highest BCUT2D eigenvalue weighted by atomic mass is 16.5. The topological polar surface area (TPSA) is 57.0 Å². The zero-order chi connectivity index (χ0) is 18.2. The Balaban J connectivity index is 1.56. The molecule has 1 fully saturated rings. The summed E-state index contributed by atoms with van der Waals surface area (Å²) in [7, 11) is 0. The molecule has 5 nitrogen and oxygen atoms in total. The van der Waals surface area contributed by atoms with Gasteiger partial charge in [0.25, 0.3) is 5.56 Å². The Kier molecular flexibility index (Phi) is 3.99. The highest BCUT2D eigenvalue weighted by Crippen LogP contribution is 2.30. The molecule has 0 aliphatic carbocycles. The largest absolute Gasteiger partial charge is 0.381 e. The number of aromatic nitrogens is 3. The van der Waals surface area contributed by atoms with Crippen LogP contribution in [0.4, 0.5) is 0 Å². The zero-order valence-electron chi connectivity index (χ0n) is 14.9. The quantitative estimate of drug-likeness (QED) is 0.580. The van der Waals surface area contributed by atoms with Gasteiger partial charge in [0, 0.05) is 31.3 Å². The molecule has 5 rings (SSSR count). The second-order valence-corrected chi connectivity index (χ2v) is 7.23. The van der Waals surface area contributed by atoms with Gasteiger partial charge in [0.15, 0.2) is 0 Å². The van der Waals surface area contributed by atoms with Gasteiger partial charge in [-0.2, -0.15) is 0 Å². The molecule has 27 heavy (non-hydrogen) atoms. The van der Waals surface area contributed by atoms with Gasteiger partial charge in [-0.05, 0) is 54.5 Å². The van der Waals surface area contributed by atoms with Crippen molar-refractivity contribution in [2.45, 2.75) is 19.4 Å². The van der Waals surface area contributed by atoms with E-state index in [1.807, 2.05) is 41.0 Å². The molecule has 2 atom stereocenters. The van der Waals surface area contributed by atoms with E-state index in [2.05, 4.69) is 16.8 Å². The Morgan fingerprint density at radius 1 is 1.11 bits per heavy atom. The van der Waals surface area contributed by atoms with E-state index in [0.29, 0.717) is 17.2 Å². The van der Waals surface area contributed by atoms with Crippen molar-refractivity contribution >= 4 is 10.9 Å². The summed E-state index contributed by atoms with van der Waals surface area (Å²) in [6.07, 6.45) is 3.51. The number of ether oxygens (including phenoxy) is 1. The summed E-state index contributed by atoms with van der Waals surface area (Å²) in [5.41, 5.74) is 2.33. The molecule has 2 aromatic heterocycles. The first-order valence-electron chi connectivity index (χ1n) is 9.32. The number of hydrogen-bond donors (Lipinski definition) is 0. The second kappa shape index (κ2) is 6.64. The first-order valence-corrected chi connectivity index (χ1v) is 9.32. The number of rotatable bonds is 0. The predicted molar refractivity (Wildman–Crippen MR) is 102 cm³/mol. The minimum absolute atomic E-state index is 0.0557. The monoisotopic (exact) mass is 357 g/mol. The van der Waals surface area contributed by atoms with E-state index in [9.17, 15) is 4.79 Å². The van der Waals surface area contributed by atoms with Crippen LogP contribution < -0.4 is 5.56 Å². The van der Waals surface area contributed by atoms with E-state index in [0.717, 1.165) is 55.2 Å². The average molecular weight is 357 g/mol. The van der Waals surface area contributed by atoms with Crippen LogP contribution in [0.2, 0.25) is 0 Å². The van der Waals surface area contributed by atoms with Crippen LogP contribution in [0.5, 0.6) is 0 Å². The molecule has 2 aliphatic heterocycles. The highest BCUT2D eigenvalue weighted by molar-refractivity contribution is 5.79. The maximum Gasteiger partial charge on any atom is 0.261 e. The molecule has 0 radical (unpaired) electrons. The van der Waals surface area contributed by atoms with E-state index in [1.54, 1.807) is 6.20 Å². The van der Waals surface area contributed by atoms with Crippen LogP contribution in [-0.2, 0) is 17.7 Å². The molecule has 0 bridgehead atoms. The van der Waals surface area contributed by atoms with Gasteiger partial charge < -0.3 is 4.74 Å². The summed E-state index contributed by atoms with van der Waals surface area (Å²) in [5.74, 6) is 8.05. The van der Waals surface area contributed by atoms with Crippen molar-refractivity contribution in [3.63, 3.8) is 0 Å². The van der Waals surface area contributed by atoms with Crippen molar-refractivity contribution < 1.29 is 4.74 Å². The van der Waals surface area contributed by atoms with Crippen LogP contribution in [0, 0.1) is 23.7 Å². The van der Waals surface area contributed by atoms with Gasteiger partial charge >= 0.3 is 0 Å². The van der Waals surface area contributed by atoms with Crippen molar-refractivity contribution in [1.29, 1.82) is 0 Å². The van der Waals surface area contributed by atoms with E-state index in [-0.39, 0.29) is 5.56 Å². The molecule has 3 aromatic rings. The van der Waals surface area contributed by atoms with Crippen LogP contribution in [0.15, 0.2) is 47.4 Å². The summed E-state index contributed by atoms with van der Waals surface area (Å²) in [6, 6.07) is 11.3. The molecule has 134 valence electrons. The molecular weight excluding hydrogens is 338 g/mol. The minimum atomic E-state index is 0.0557. The Bertz CT molecular complexity index is 1130. The molecule has 0 amide bonds. The third-order valence-corrected chi connectivity index (χ3v) is 5.53. The molecule has 0 saturated carbocycles. The van der Waals surface area contributed by atoms with Crippen LogP contribution in [0.3, 0.4) is 0 Å². The predicted octanol–water partition coefficient (Wildman–Crippen LogP) is 2.40. The molecule has 1 aromatic carbocycles. The van der Waals surface area contributed by atoms with Gasteiger partial charge in [0.05, 0.1) is 17.5 Å². The third-order valence-electron chi connectivity index (χ3n) is 5.53. The molecule has 5 heteroatoms. The van der Waals surface area contributed by atoms with Crippen LogP contribution in [-0.4, -0.2) is 27.7 Å². The fraction of sp³-hybridized carbons (Fsp3) is 0.318. The van der Waals surface area contributed by atoms with Crippen molar-refractivity contribution in [1.82, 2.24) is 14.5 Å². The first kappa shape index (κ1) is 16.2. The maximum atomic E-state index is 13.0. The van der Waals surface area contributed by atoms with E-state index in [4.69, 9.17) is 9.72 Å². The fourth-order valence-corrected chi connectivity index (χ4v) is 4.02. The lowest BCUT2D eigenvalue weighted by Crippen LogP contribution is -2.25. The summed E-state index contributed by atoms with van der Waals surface area (Å²) < 4.78 is 7.49. The molecular formula is C22H19N3O2. The summed E-state index contributed by atoms with van der Waals surface area (Å²) in [6.45, 7) is 2.30. The number of pyridine rings is 1. The SMILES string of the molecule is O=c1c2ccc(C#Cc3ccccn3)cc2nc2n1CC[C@@H]1COC[C@@H]1C2. The van der Waals surface area contributed by atoms with Crippen LogP contribution >= 0.6 is 0 Å². The Morgan fingerprint density at radius 3 is 2.93 bits per heavy atom. The first-order chi connectivity index (χ1) is 13.3. The standard InChI is InChI=1S/C22H19N3O2/c26-22-19-7-5-15(4-6-18-3-1-2-9-23-18)11-20(19)24-21-12-17-14-27-13-16(17)8-10-25(21)22/h1-3,5,7,9,11,16-17H,8,10,12-14H2/t16-,17+/m1/s1. The highest BCUT2D eigenvalue weighted by Gasteiger charge is 2.32. The van der Waals surface area contributed by atoms with Gasteiger partial charge in [0.1, 0.15) is 11.5 Å². The van der Waals surface area contributed by atoms with Gasteiger partial charge in [-0.25, -0.2) is 9.97 Å².